The highest BCUT2D eigenvalue weighted by Crippen LogP contribution is 2.26. The molecule has 9 heteroatoms. The van der Waals surface area contributed by atoms with Crippen LogP contribution >= 0.6 is 0 Å². The first-order valence-electron chi connectivity index (χ1n) is 13.7. The lowest BCUT2D eigenvalue weighted by Crippen LogP contribution is -2.42. The van der Waals surface area contributed by atoms with E-state index < -0.39 is 18.2 Å². The summed E-state index contributed by atoms with van der Waals surface area (Å²) in [7, 11) is 0. The molecule has 3 aromatic carbocycles. The number of aliphatic hydroxyl groups excluding tert-OH is 1. The van der Waals surface area contributed by atoms with E-state index in [1.54, 1.807) is 30.6 Å². The van der Waals surface area contributed by atoms with Gasteiger partial charge < -0.3 is 25.4 Å². The highest BCUT2D eigenvalue weighted by molar-refractivity contribution is 5.94. The lowest BCUT2D eigenvalue weighted by Gasteiger charge is -2.34. The highest BCUT2D eigenvalue weighted by atomic mass is 16.6. The quantitative estimate of drug-likeness (QED) is 0.254. The number of anilines is 2. The van der Waals surface area contributed by atoms with Crippen molar-refractivity contribution >= 4 is 23.5 Å². The van der Waals surface area contributed by atoms with Crippen LogP contribution in [0.2, 0.25) is 0 Å². The van der Waals surface area contributed by atoms with Crippen LogP contribution in [-0.4, -0.2) is 58.7 Å². The lowest BCUT2D eigenvalue weighted by molar-refractivity contribution is -0.157. The summed E-state index contributed by atoms with van der Waals surface area (Å²) in [5.74, 6) is -0.578. The Hall–Kier alpha value is -4.76. The molecule has 0 radical (unpaired) electrons. The molecule has 5 rings (SSSR count). The number of piperidine rings is 1. The van der Waals surface area contributed by atoms with E-state index in [1.807, 2.05) is 72.8 Å². The number of benzene rings is 3. The summed E-state index contributed by atoms with van der Waals surface area (Å²) in [6.45, 7) is 1.45. The molecule has 3 N–H and O–H groups in total. The molecule has 1 aliphatic rings. The maximum Gasteiger partial charge on any atom is 0.337 e. The van der Waals surface area contributed by atoms with Gasteiger partial charge in [-0.1, -0.05) is 60.7 Å². The average molecular weight is 552 g/mol. The average Bonchev–Trinajstić information content (AvgIpc) is 3.03. The first kappa shape index (κ1) is 27.8. The molecule has 0 spiro atoms. The van der Waals surface area contributed by atoms with Crippen molar-refractivity contribution in [3.63, 3.8) is 0 Å². The zero-order valence-corrected chi connectivity index (χ0v) is 22.6. The fraction of sp³-hybridized carbons (Fsp3) is 0.250. The van der Waals surface area contributed by atoms with Crippen LogP contribution in [0.4, 0.5) is 11.6 Å². The fourth-order valence-electron chi connectivity index (χ4n) is 4.86. The van der Waals surface area contributed by atoms with Crippen LogP contribution in [0.5, 0.6) is 0 Å². The summed E-state index contributed by atoms with van der Waals surface area (Å²) in [6, 6.07) is 28.0. The summed E-state index contributed by atoms with van der Waals surface area (Å²) in [4.78, 5) is 36.3. The number of hydrogen-bond acceptors (Lipinski definition) is 8. The molecule has 2 atom stereocenters. The van der Waals surface area contributed by atoms with E-state index in [2.05, 4.69) is 25.5 Å². The van der Waals surface area contributed by atoms with Gasteiger partial charge in [-0.3, -0.25) is 4.79 Å². The maximum absolute atomic E-state index is 12.8. The van der Waals surface area contributed by atoms with Gasteiger partial charge in [0.2, 0.25) is 5.95 Å². The normalized spacial score (nSPS) is 15.7. The minimum Gasteiger partial charge on any atom is -0.451 e. The minimum absolute atomic E-state index is 0.221. The number of amides is 1. The van der Waals surface area contributed by atoms with Crippen molar-refractivity contribution in [2.24, 2.45) is 0 Å². The Morgan fingerprint density at radius 3 is 2.17 bits per heavy atom. The lowest BCUT2D eigenvalue weighted by atomic mass is 10.0. The van der Waals surface area contributed by atoms with E-state index in [0.29, 0.717) is 11.5 Å². The van der Waals surface area contributed by atoms with E-state index in [0.717, 1.165) is 42.7 Å². The van der Waals surface area contributed by atoms with Crippen LogP contribution < -0.4 is 15.5 Å². The van der Waals surface area contributed by atoms with Gasteiger partial charge in [0, 0.05) is 42.8 Å². The second-order valence-electron chi connectivity index (χ2n) is 9.91. The van der Waals surface area contributed by atoms with Gasteiger partial charge in [0.05, 0.1) is 6.54 Å². The molecule has 1 aromatic heterocycles. The number of aliphatic hydroxyl groups is 1. The Labute approximate surface area is 239 Å². The van der Waals surface area contributed by atoms with Crippen molar-refractivity contribution in [1.29, 1.82) is 0 Å². The summed E-state index contributed by atoms with van der Waals surface area (Å²) in [6.07, 6.45) is 3.29. The smallest absolute Gasteiger partial charge is 0.337 e. The number of ether oxygens (including phenoxy) is 1. The summed E-state index contributed by atoms with van der Waals surface area (Å²) >= 11 is 0. The van der Waals surface area contributed by atoms with Crippen LogP contribution in [0.25, 0.3) is 0 Å². The van der Waals surface area contributed by atoms with Crippen LogP contribution in [-0.2, 0) is 9.53 Å². The van der Waals surface area contributed by atoms with Crippen molar-refractivity contribution in [3.05, 3.63) is 120 Å². The SMILES string of the molecule is O=C(NCC(O)C(=O)OC(c1ccccc1)c1ccccc1)c1ccc(N2CCCC(Nc3ncccn3)C2)cc1. The predicted octanol–water partition coefficient (Wildman–Crippen LogP) is 3.98. The molecule has 1 amide bonds. The minimum atomic E-state index is -1.51. The Kier molecular flexibility index (Phi) is 9.18. The van der Waals surface area contributed by atoms with Gasteiger partial charge in [-0.05, 0) is 54.3 Å². The van der Waals surface area contributed by atoms with Gasteiger partial charge in [0.15, 0.2) is 12.2 Å². The van der Waals surface area contributed by atoms with Gasteiger partial charge in [0.25, 0.3) is 5.91 Å². The number of nitrogens with zero attached hydrogens (tertiary/aromatic N) is 3. The van der Waals surface area contributed by atoms with Gasteiger partial charge in [-0.2, -0.15) is 0 Å². The zero-order chi connectivity index (χ0) is 28.4. The molecular weight excluding hydrogens is 518 g/mol. The number of carbonyl (C=O) groups excluding carboxylic acids is 2. The molecule has 0 saturated carbocycles. The van der Waals surface area contributed by atoms with Crippen LogP contribution in [0.15, 0.2) is 103 Å². The molecule has 1 fully saturated rings. The standard InChI is InChI=1S/C32H33N5O4/c38-28(31(40)41-29(23-9-3-1-4-10-23)24-11-5-2-6-12-24)21-35-30(39)25-14-16-27(17-15-25)37-20-7-13-26(22-37)36-32-33-18-8-19-34-32/h1-6,8-12,14-19,26,28-29,38H,7,13,20-22H2,(H,35,39)(H,33,34,36). The Bertz CT molecular complexity index is 1370. The van der Waals surface area contributed by atoms with Gasteiger partial charge in [-0.15, -0.1) is 0 Å². The number of carbonyl (C=O) groups is 2. The molecule has 2 unspecified atom stereocenters. The van der Waals surface area contributed by atoms with Crippen molar-refractivity contribution in [2.45, 2.75) is 31.1 Å². The molecule has 0 aliphatic carbocycles. The number of esters is 1. The molecule has 2 heterocycles. The molecule has 41 heavy (non-hydrogen) atoms. The Balaban J connectivity index is 1.14. The summed E-state index contributed by atoms with van der Waals surface area (Å²) in [5.41, 5.74) is 3.02. The summed E-state index contributed by atoms with van der Waals surface area (Å²) < 4.78 is 5.69. The van der Waals surface area contributed by atoms with E-state index in [1.165, 1.54) is 0 Å². The van der Waals surface area contributed by atoms with Gasteiger partial charge in [-0.25, -0.2) is 14.8 Å². The van der Waals surface area contributed by atoms with E-state index >= 15 is 0 Å². The van der Waals surface area contributed by atoms with E-state index in [4.69, 9.17) is 4.74 Å². The molecule has 1 aliphatic heterocycles. The largest absolute Gasteiger partial charge is 0.451 e. The second kappa shape index (κ2) is 13.5. The number of rotatable bonds is 10. The molecule has 210 valence electrons. The molecule has 4 aromatic rings. The van der Waals surface area contributed by atoms with Crippen molar-refractivity contribution in [2.75, 3.05) is 29.9 Å². The van der Waals surface area contributed by atoms with Gasteiger partial charge >= 0.3 is 5.97 Å². The second-order valence-corrected chi connectivity index (χ2v) is 9.91. The Morgan fingerprint density at radius 1 is 0.902 bits per heavy atom. The first-order valence-corrected chi connectivity index (χ1v) is 13.7. The maximum atomic E-state index is 12.8. The van der Waals surface area contributed by atoms with Crippen molar-refractivity contribution in [3.8, 4) is 0 Å². The number of nitrogens with one attached hydrogen (secondary N) is 2. The topological polar surface area (TPSA) is 117 Å². The zero-order valence-electron chi connectivity index (χ0n) is 22.6. The molecule has 0 bridgehead atoms. The van der Waals surface area contributed by atoms with Crippen LogP contribution in [0, 0.1) is 0 Å². The monoisotopic (exact) mass is 551 g/mol. The van der Waals surface area contributed by atoms with Crippen LogP contribution in [0.3, 0.4) is 0 Å². The summed E-state index contributed by atoms with van der Waals surface area (Å²) in [5, 5.41) is 16.5. The number of hydrogen-bond donors (Lipinski definition) is 3. The third-order valence-electron chi connectivity index (χ3n) is 6.98. The van der Waals surface area contributed by atoms with Gasteiger partial charge in [0.1, 0.15) is 0 Å². The molecule has 9 nitrogen and oxygen atoms in total. The number of aromatic nitrogens is 2. The molecule has 1 saturated heterocycles. The predicted molar refractivity (Wildman–Crippen MR) is 156 cm³/mol. The van der Waals surface area contributed by atoms with E-state index in [-0.39, 0.29) is 18.5 Å². The first-order chi connectivity index (χ1) is 20.1. The third-order valence-corrected chi connectivity index (χ3v) is 6.98. The van der Waals surface area contributed by atoms with Crippen molar-refractivity contribution < 1.29 is 19.4 Å². The third kappa shape index (κ3) is 7.46. The van der Waals surface area contributed by atoms with Crippen LogP contribution in [0.1, 0.15) is 40.4 Å². The van der Waals surface area contributed by atoms with Crippen molar-refractivity contribution in [1.82, 2.24) is 15.3 Å². The fourth-order valence-corrected chi connectivity index (χ4v) is 4.86. The Morgan fingerprint density at radius 2 is 1.54 bits per heavy atom. The highest BCUT2D eigenvalue weighted by Gasteiger charge is 2.25. The van der Waals surface area contributed by atoms with E-state index in [9.17, 15) is 14.7 Å². The molecular formula is C32H33N5O4.